The number of benzene rings is 2. The van der Waals surface area contributed by atoms with E-state index in [1.807, 2.05) is 57.2 Å². The van der Waals surface area contributed by atoms with Crippen molar-refractivity contribution in [1.29, 1.82) is 0 Å². The Kier molecular flexibility index (Phi) is 6.96. The van der Waals surface area contributed by atoms with Crippen molar-refractivity contribution in [1.82, 2.24) is 14.9 Å². The molecule has 7 nitrogen and oxygen atoms in total. The Morgan fingerprint density at radius 3 is 2.47 bits per heavy atom. The monoisotopic (exact) mass is 444 g/mol. The average molecular weight is 445 g/mol. The molecule has 2 aromatic carbocycles. The summed E-state index contributed by atoms with van der Waals surface area (Å²) < 4.78 is 28.3. The molecular formula is C21H24N4O3S2. The zero-order valence-electron chi connectivity index (χ0n) is 17.0. The summed E-state index contributed by atoms with van der Waals surface area (Å²) in [5, 5.41) is 10.3. The van der Waals surface area contributed by atoms with Gasteiger partial charge in [0.15, 0.2) is 0 Å². The summed E-state index contributed by atoms with van der Waals surface area (Å²) in [6.45, 7) is 5.96. The van der Waals surface area contributed by atoms with Crippen molar-refractivity contribution in [3.8, 4) is 0 Å². The highest BCUT2D eigenvalue weighted by Crippen LogP contribution is 2.26. The van der Waals surface area contributed by atoms with E-state index < -0.39 is 10.0 Å². The third-order valence-electron chi connectivity index (χ3n) is 4.34. The minimum absolute atomic E-state index is 0.127. The predicted molar refractivity (Wildman–Crippen MR) is 118 cm³/mol. The normalized spacial score (nSPS) is 12.7. The Hall–Kier alpha value is -2.62. The first-order valence-electron chi connectivity index (χ1n) is 9.53. The van der Waals surface area contributed by atoms with E-state index in [9.17, 15) is 13.2 Å². The van der Waals surface area contributed by atoms with Crippen molar-refractivity contribution in [3.05, 3.63) is 71.3 Å². The largest absolute Gasteiger partial charge is 0.296 e. The second-order valence-corrected chi connectivity index (χ2v) is 10.3. The van der Waals surface area contributed by atoms with Gasteiger partial charge in [0.2, 0.25) is 9.47 Å². The Labute approximate surface area is 180 Å². The van der Waals surface area contributed by atoms with Crippen LogP contribution in [-0.2, 0) is 10.0 Å². The third kappa shape index (κ3) is 5.71. The number of hydrogen-bond donors (Lipinski definition) is 2. The van der Waals surface area contributed by atoms with Crippen molar-refractivity contribution in [2.45, 2.75) is 37.6 Å². The van der Waals surface area contributed by atoms with E-state index in [1.165, 1.54) is 0 Å². The van der Waals surface area contributed by atoms with Crippen LogP contribution in [-0.4, -0.2) is 24.5 Å². The number of aromatic nitrogens is 2. The van der Waals surface area contributed by atoms with Crippen molar-refractivity contribution in [2.75, 3.05) is 5.32 Å². The molecule has 0 saturated carbocycles. The number of nitrogens with zero attached hydrogens (tertiary/aromatic N) is 2. The first-order chi connectivity index (χ1) is 14.2. The summed E-state index contributed by atoms with van der Waals surface area (Å²) in [6.07, 6.45) is 0.638. The van der Waals surface area contributed by atoms with Gasteiger partial charge in [0.1, 0.15) is 0 Å². The molecule has 3 rings (SSSR count). The lowest BCUT2D eigenvalue weighted by Crippen LogP contribution is -2.29. The van der Waals surface area contributed by atoms with Crippen LogP contribution in [0.25, 0.3) is 0 Å². The lowest BCUT2D eigenvalue weighted by Gasteiger charge is -2.20. The fraction of sp³-hybridized carbons (Fsp3) is 0.286. The minimum atomic E-state index is -3.90. The van der Waals surface area contributed by atoms with Gasteiger partial charge in [-0.1, -0.05) is 73.2 Å². The fourth-order valence-corrected chi connectivity index (χ4v) is 5.12. The molecule has 0 spiro atoms. The van der Waals surface area contributed by atoms with Gasteiger partial charge >= 0.3 is 0 Å². The molecule has 1 aromatic heterocycles. The minimum Gasteiger partial charge on any atom is -0.296 e. The molecule has 0 unspecified atom stereocenters. The molecule has 0 aliphatic rings. The van der Waals surface area contributed by atoms with Gasteiger partial charge in [-0.3, -0.25) is 10.1 Å². The van der Waals surface area contributed by atoms with Gasteiger partial charge in [0, 0.05) is 11.6 Å². The summed E-state index contributed by atoms with van der Waals surface area (Å²) in [5.74, 6) is -0.0785. The van der Waals surface area contributed by atoms with Crippen molar-refractivity contribution in [2.24, 2.45) is 5.92 Å². The zero-order valence-corrected chi connectivity index (χ0v) is 18.6. The molecule has 0 bridgehead atoms. The number of carbonyl (C=O) groups is 1. The molecule has 0 radical (unpaired) electrons. The van der Waals surface area contributed by atoms with Crippen LogP contribution in [0.1, 0.15) is 47.8 Å². The van der Waals surface area contributed by atoms with E-state index >= 15 is 0 Å². The van der Waals surface area contributed by atoms with Crippen LogP contribution in [0.15, 0.2) is 58.9 Å². The van der Waals surface area contributed by atoms with Gasteiger partial charge in [0.25, 0.3) is 15.9 Å². The number of sulfonamides is 1. The third-order valence-corrected chi connectivity index (χ3v) is 7.02. The molecule has 0 aliphatic heterocycles. The predicted octanol–water partition coefficient (Wildman–Crippen LogP) is 4.16. The van der Waals surface area contributed by atoms with Gasteiger partial charge < -0.3 is 0 Å². The van der Waals surface area contributed by atoms with E-state index in [0.29, 0.717) is 12.0 Å². The van der Waals surface area contributed by atoms with Crippen molar-refractivity contribution >= 4 is 32.4 Å². The summed E-state index contributed by atoms with van der Waals surface area (Å²) in [7, 11) is -3.90. The highest BCUT2D eigenvalue weighted by molar-refractivity contribution is 7.91. The molecule has 158 valence electrons. The fourth-order valence-electron chi connectivity index (χ4n) is 2.97. The second kappa shape index (κ2) is 9.46. The van der Waals surface area contributed by atoms with E-state index in [2.05, 4.69) is 20.2 Å². The standard InChI is InChI=1S/C21H24N4O3S2/c1-14(2)12-18(16-9-5-4-6-10-16)25-30(27,28)21-24-23-20(29-21)22-19(26)17-11-7-8-15(3)13-17/h4-11,13-14,18,25H,12H2,1-3H3,(H,22,23,26)/t18-/m0/s1. The highest BCUT2D eigenvalue weighted by atomic mass is 32.2. The van der Waals surface area contributed by atoms with Crippen LogP contribution in [0, 0.1) is 12.8 Å². The molecule has 1 heterocycles. The average Bonchev–Trinajstić information content (AvgIpc) is 3.17. The maximum Gasteiger partial charge on any atom is 0.270 e. The van der Waals surface area contributed by atoms with Gasteiger partial charge in [-0.15, -0.1) is 10.2 Å². The van der Waals surface area contributed by atoms with Gasteiger partial charge in [-0.2, -0.15) is 0 Å². The van der Waals surface area contributed by atoms with Crippen LogP contribution in [0.5, 0.6) is 0 Å². The summed E-state index contributed by atoms with van der Waals surface area (Å²) in [5.41, 5.74) is 2.30. The molecule has 0 saturated heterocycles. The number of anilines is 1. The van der Waals surface area contributed by atoms with Crippen LogP contribution in [0.3, 0.4) is 0 Å². The van der Waals surface area contributed by atoms with Gasteiger partial charge in [-0.25, -0.2) is 13.1 Å². The number of carbonyl (C=O) groups excluding carboxylic acids is 1. The van der Waals surface area contributed by atoms with Crippen LogP contribution in [0.4, 0.5) is 5.13 Å². The number of amides is 1. The quantitative estimate of drug-likeness (QED) is 0.508. The summed E-state index contributed by atoms with van der Waals surface area (Å²) in [4.78, 5) is 12.4. The summed E-state index contributed by atoms with van der Waals surface area (Å²) in [6, 6.07) is 16.1. The number of aryl methyl sites for hydroxylation is 1. The first kappa shape index (κ1) is 22.1. The van der Waals surface area contributed by atoms with Crippen molar-refractivity contribution in [3.63, 3.8) is 0 Å². The van der Waals surface area contributed by atoms with E-state index in [0.717, 1.165) is 22.5 Å². The Bertz CT molecular complexity index is 1110. The number of rotatable bonds is 8. The molecule has 1 atom stereocenters. The molecule has 2 N–H and O–H groups in total. The lowest BCUT2D eigenvalue weighted by atomic mass is 9.98. The lowest BCUT2D eigenvalue weighted by molar-refractivity contribution is 0.102. The second-order valence-electron chi connectivity index (χ2n) is 7.41. The zero-order chi connectivity index (χ0) is 21.7. The van der Waals surface area contributed by atoms with Crippen molar-refractivity contribution < 1.29 is 13.2 Å². The van der Waals surface area contributed by atoms with E-state index in [4.69, 9.17) is 0 Å². The summed E-state index contributed by atoms with van der Waals surface area (Å²) >= 11 is 0.818. The van der Waals surface area contributed by atoms with Crippen LogP contribution in [0.2, 0.25) is 0 Å². The smallest absolute Gasteiger partial charge is 0.270 e. The topological polar surface area (TPSA) is 101 Å². The Morgan fingerprint density at radius 1 is 1.07 bits per heavy atom. The van der Waals surface area contributed by atoms with Crippen LogP contribution >= 0.6 is 11.3 Å². The van der Waals surface area contributed by atoms with Gasteiger partial charge in [0.05, 0.1) is 0 Å². The number of nitrogens with one attached hydrogen (secondary N) is 2. The molecule has 30 heavy (non-hydrogen) atoms. The molecule has 9 heteroatoms. The molecular weight excluding hydrogens is 420 g/mol. The molecule has 1 amide bonds. The highest BCUT2D eigenvalue weighted by Gasteiger charge is 2.26. The Morgan fingerprint density at radius 2 is 1.80 bits per heavy atom. The SMILES string of the molecule is Cc1cccc(C(=O)Nc2nnc(S(=O)(=O)N[C@@H](CC(C)C)c3ccccc3)s2)c1. The van der Waals surface area contributed by atoms with Crippen LogP contribution < -0.4 is 10.0 Å². The maximum absolute atomic E-state index is 12.9. The maximum atomic E-state index is 12.9. The molecule has 0 fully saturated rings. The Balaban J connectivity index is 1.76. The van der Waals surface area contributed by atoms with Gasteiger partial charge in [-0.05, 0) is 37.0 Å². The molecule has 3 aromatic rings. The number of hydrogen-bond acceptors (Lipinski definition) is 6. The molecule has 0 aliphatic carbocycles. The first-order valence-corrected chi connectivity index (χ1v) is 11.8. The van der Waals surface area contributed by atoms with E-state index in [-0.39, 0.29) is 27.3 Å². The van der Waals surface area contributed by atoms with E-state index in [1.54, 1.807) is 18.2 Å².